The van der Waals surface area contributed by atoms with Crippen molar-refractivity contribution in [1.29, 1.82) is 0 Å². The van der Waals surface area contributed by atoms with Gasteiger partial charge < -0.3 is 4.74 Å². The van der Waals surface area contributed by atoms with Crippen molar-refractivity contribution in [3.8, 4) is 0 Å². The van der Waals surface area contributed by atoms with Gasteiger partial charge in [-0.3, -0.25) is 14.9 Å². The molecule has 0 atom stereocenters. The first-order valence-corrected chi connectivity index (χ1v) is 8.13. The third-order valence-corrected chi connectivity index (χ3v) is 3.48. The van der Waals surface area contributed by atoms with Gasteiger partial charge in [0.2, 0.25) is 5.91 Å². The Morgan fingerprint density at radius 3 is 2.18 bits per heavy atom. The molecule has 2 aromatic rings. The number of halogens is 3. The molecule has 0 aliphatic carbocycles. The maximum Gasteiger partial charge on any atom is 0.416 e. The highest BCUT2D eigenvalue weighted by Crippen LogP contribution is 2.29. The number of benzene rings is 2. The summed E-state index contributed by atoms with van der Waals surface area (Å²) < 4.78 is 42.1. The summed E-state index contributed by atoms with van der Waals surface area (Å²) in [5, 5.41) is 2.09. The van der Waals surface area contributed by atoms with E-state index in [9.17, 15) is 27.6 Å². The molecule has 0 aliphatic rings. The molecule has 5 nitrogen and oxygen atoms in total. The van der Waals surface area contributed by atoms with Crippen molar-refractivity contribution >= 4 is 23.9 Å². The number of alkyl halides is 3. The van der Waals surface area contributed by atoms with Gasteiger partial charge in [-0.25, -0.2) is 4.79 Å². The van der Waals surface area contributed by atoms with Crippen molar-refractivity contribution in [2.24, 2.45) is 0 Å². The van der Waals surface area contributed by atoms with Crippen LogP contribution in [0.15, 0.2) is 60.7 Å². The predicted octanol–water partition coefficient (Wildman–Crippen LogP) is 3.15. The number of hydrogen-bond donors (Lipinski definition) is 1. The van der Waals surface area contributed by atoms with Gasteiger partial charge in [-0.2, -0.15) is 13.2 Å². The Bertz CT molecular complexity index is 859. The van der Waals surface area contributed by atoms with Crippen molar-refractivity contribution in [1.82, 2.24) is 5.32 Å². The smallest absolute Gasteiger partial charge is 0.416 e. The van der Waals surface area contributed by atoms with Gasteiger partial charge in [-0.15, -0.1) is 0 Å². The van der Waals surface area contributed by atoms with E-state index in [0.717, 1.165) is 23.8 Å². The maximum absolute atomic E-state index is 12.5. The van der Waals surface area contributed by atoms with Crippen LogP contribution in [0.5, 0.6) is 0 Å². The standard InChI is InChI=1S/C20H16F3NO4/c21-20(22,23)16-9-6-14(7-10-16)8-11-19(27)28-13-18(26)24-17(25)12-15-4-2-1-3-5-15/h1-11H,12-13H2,(H,24,25,26)/b11-8+. The summed E-state index contributed by atoms with van der Waals surface area (Å²) in [5.74, 6) is -2.18. The topological polar surface area (TPSA) is 72.5 Å². The lowest BCUT2D eigenvalue weighted by Crippen LogP contribution is -2.35. The van der Waals surface area contributed by atoms with Crippen molar-refractivity contribution < 1.29 is 32.3 Å². The highest BCUT2D eigenvalue weighted by Gasteiger charge is 2.29. The minimum absolute atomic E-state index is 0.00828. The van der Waals surface area contributed by atoms with Gasteiger partial charge in [0.1, 0.15) is 0 Å². The SMILES string of the molecule is O=C(COC(=O)/C=C/c1ccc(C(F)(F)F)cc1)NC(=O)Cc1ccccc1. The van der Waals surface area contributed by atoms with Gasteiger partial charge in [-0.1, -0.05) is 42.5 Å². The van der Waals surface area contributed by atoms with Crippen molar-refractivity contribution in [3.05, 3.63) is 77.4 Å². The first-order chi connectivity index (χ1) is 13.2. The third-order valence-electron chi connectivity index (χ3n) is 3.48. The second kappa shape index (κ2) is 9.50. The Balaban J connectivity index is 1.76. The average Bonchev–Trinajstić information content (AvgIpc) is 2.65. The monoisotopic (exact) mass is 391 g/mol. The number of carbonyl (C=O) groups excluding carboxylic acids is 3. The van der Waals surface area contributed by atoms with Crippen molar-refractivity contribution in [2.75, 3.05) is 6.61 Å². The Morgan fingerprint density at radius 2 is 1.57 bits per heavy atom. The Morgan fingerprint density at radius 1 is 0.929 bits per heavy atom. The molecule has 0 saturated heterocycles. The number of imide groups is 1. The first kappa shape index (κ1) is 20.9. The van der Waals surface area contributed by atoms with Crippen LogP contribution in [-0.2, 0) is 31.7 Å². The molecule has 0 heterocycles. The average molecular weight is 391 g/mol. The predicted molar refractivity (Wildman–Crippen MR) is 94.7 cm³/mol. The number of nitrogens with one attached hydrogen (secondary N) is 1. The molecule has 0 saturated carbocycles. The molecular weight excluding hydrogens is 375 g/mol. The zero-order valence-corrected chi connectivity index (χ0v) is 14.5. The molecule has 0 aliphatic heterocycles. The van der Waals surface area contributed by atoms with Crippen LogP contribution in [0.1, 0.15) is 16.7 Å². The zero-order valence-electron chi connectivity index (χ0n) is 14.5. The molecule has 0 unspecified atom stereocenters. The van der Waals surface area contributed by atoms with E-state index < -0.39 is 36.1 Å². The van der Waals surface area contributed by atoms with Crippen molar-refractivity contribution in [3.63, 3.8) is 0 Å². The molecule has 1 N–H and O–H groups in total. The van der Waals surface area contributed by atoms with Crippen LogP contribution in [0.25, 0.3) is 6.08 Å². The lowest BCUT2D eigenvalue weighted by atomic mass is 10.1. The summed E-state index contributed by atoms with van der Waals surface area (Å²) in [6.45, 7) is -0.656. The Hall–Kier alpha value is -3.42. The minimum atomic E-state index is -4.44. The van der Waals surface area contributed by atoms with E-state index in [1.807, 2.05) is 0 Å². The van der Waals surface area contributed by atoms with Gasteiger partial charge in [0.05, 0.1) is 12.0 Å². The molecule has 8 heteroatoms. The second-order valence-electron chi connectivity index (χ2n) is 5.69. The molecule has 0 radical (unpaired) electrons. The minimum Gasteiger partial charge on any atom is -0.452 e. The number of rotatable bonds is 6. The van der Waals surface area contributed by atoms with E-state index in [4.69, 9.17) is 0 Å². The summed E-state index contributed by atoms with van der Waals surface area (Å²) in [5.41, 5.74) is 0.278. The number of ether oxygens (including phenoxy) is 1. The van der Waals surface area contributed by atoms with E-state index in [-0.39, 0.29) is 6.42 Å². The number of carbonyl (C=O) groups is 3. The van der Waals surface area contributed by atoms with Crippen molar-refractivity contribution in [2.45, 2.75) is 12.6 Å². The van der Waals surface area contributed by atoms with E-state index in [2.05, 4.69) is 10.1 Å². The molecule has 0 aromatic heterocycles. The number of hydrogen-bond acceptors (Lipinski definition) is 4. The fraction of sp³-hybridized carbons (Fsp3) is 0.150. The van der Waals surface area contributed by atoms with Crippen LogP contribution in [0.2, 0.25) is 0 Å². The van der Waals surface area contributed by atoms with Crippen LogP contribution < -0.4 is 5.32 Å². The van der Waals surface area contributed by atoms with Crippen LogP contribution in [-0.4, -0.2) is 24.4 Å². The van der Waals surface area contributed by atoms with Crippen LogP contribution >= 0.6 is 0 Å². The maximum atomic E-state index is 12.5. The molecule has 0 spiro atoms. The number of amides is 2. The summed E-state index contributed by atoms with van der Waals surface area (Å²) in [4.78, 5) is 34.9. The molecular formula is C20H16F3NO4. The zero-order chi connectivity index (χ0) is 20.6. The molecule has 2 aromatic carbocycles. The quantitative estimate of drug-likeness (QED) is 0.607. The normalized spacial score (nSPS) is 11.2. The fourth-order valence-corrected chi connectivity index (χ4v) is 2.15. The van der Waals surface area contributed by atoms with E-state index in [1.165, 1.54) is 18.2 Å². The largest absolute Gasteiger partial charge is 0.452 e. The Kier molecular flexibility index (Phi) is 7.08. The van der Waals surface area contributed by atoms with Gasteiger partial charge in [-0.05, 0) is 29.3 Å². The summed E-state index contributed by atoms with van der Waals surface area (Å²) in [6, 6.07) is 12.9. The summed E-state index contributed by atoms with van der Waals surface area (Å²) >= 11 is 0. The molecule has 2 rings (SSSR count). The fourth-order valence-electron chi connectivity index (χ4n) is 2.15. The van der Waals surface area contributed by atoms with E-state index in [1.54, 1.807) is 30.3 Å². The third kappa shape index (κ3) is 7.06. The summed E-state index contributed by atoms with van der Waals surface area (Å²) in [7, 11) is 0. The molecule has 146 valence electrons. The lowest BCUT2D eigenvalue weighted by molar-refractivity contribution is -0.145. The first-order valence-electron chi connectivity index (χ1n) is 8.13. The van der Waals surface area contributed by atoms with Gasteiger partial charge in [0, 0.05) is 6.08 Å². The van der Waals surface area contributed by atoms with Gasteiger partial charge in [0.25, 0.3) is 5.91 Å². The van der Waals surface area contributed by atoms with Crippen LogP contribution in [0.4, 0.5) is 13.2 Å². The van der Waals surface area contributed by atoms with E-state index in [0.29, 0.717) is 5.56 Å². The van der Waals surface area contributed by atoms with E-state index >= 15 is 0 Å². The van der Waals surface area contributed by atoms with Gasteiger partial charge >= 0.3 is 12.1 Å². The highest BCUT2D eigenvalue weighted by atomic mass is 19.4. The number of esters is 1. The molecule has 0 fully saturated rings. The lowest BCUT2D eigenvalue weighted by Gasteiger charge is -2.06. The second-order valence-corrected chi connectivity index (χ2v) is 5.69. The van der Waals surface area contributed by atoms with Gasteiger partial charge in [0.15, 0.2) is 6.61 Å². The summed E-state index contributed by atoms with van der Waals surface area (Å²) in [6.07, 6.45) is -2.20. The molecule has 0 bridgehead atoms. The Labute approximate surface area is 158 Å². The molecule has 2 amide bonds. The highest BCUT2D eigenvalue weighted by molar-refractivity contribution is 5.97. The molecule has 28 heavy (non-hydrogen) atoms. The van der Waals surface area contributed by atoms with Crippen LogP contribution in [0, 0.1) is 0 Å². The van der Waals surface area contributed by atoms with Crippen LogP contribution in [0.3, 0.4) is 0 Å².